The predicted molar refractivity (Wildman–Crippen MR) is 70.2 cm³/mol. The number of fused-ring (bicyclic) bond motifs is 1. The minimum atomic E-state index is 0.412. The van der Waals surface area contributed by atoms with E-state index in [1.54, 1.807) is 0 Å². The van der Waals surface area contributed by atoms with Gasteiger partial charge in [0.15, 0.2) is 0 Å². The van der Waals surface area contributed by atoms with Crippen LogP contribution in [0.5, 0.6) is 0 Å². The number of nitrogens with zero attached hydrogens (tertiary/aromatic N) is 1. The highest BCUT2D eigenvalue weighted by Gasteiger charge is 2.08. The molecule has 0 aliphatic rings. The molecule has 0 radical (unpaired) electrons. The van der Waals surface area contributed by atoms with Crippen LogP contribution in [-0.4, -0.2) is 4.98 Å². The van der Waals surface area contributed by atoms with E-state index in [-0.39, 0.29) is 0 Å². The van der Waals surface area contributed by atoms with Crippen LogP contribution in [0.25, 0.3) is 10.9 Å². The van der Waals surface area contributed by atoms with Crippen molar-refractivity contribution in [2.45, 2.75) is 33.1 Å². The summed E-state index contributed by atoms with van der Waals surface area (Å²) < 4.78 is 0. The third-order valence-corrected chi connectivity index (χ3v) is 3.19. The molecule has 0 N–H and O–H groups in total. The Bertz CT molecular complexity index is 517. The fourth-order valence-electron chi connectivity index (χ4n) is 1.84. The van der Waals surface area contributed by atoms with Crippen LogP contribution in [0, 0.1) is 0 Å². The lowest BCUT2D eigenvalue weighted by Crippen LogP contribution is -1.93. The normalized spacial score (nSPS) is 11.3. The third-order valence-electron chi connectivity index (χ3n) is 2.89. The van der Waals surface area contributed by atoms with Crippen LogP contribution in [0.4, 0.5) is 0 Å². The van der Waals surface area contributed by atoms with Crippen LogP contribution >= 0.6 is 11.6 Å². The molecule has 0 amide bonds. The minimum Gasteiger partial charge on any atom is -0.236 e. The standard InChI is InChI=1S/C14H16ClN/c1-4-10-5-6-13-11(7-10)8-12(9(2)3)14(15)16-13/h5-9H,4H2,1-3H3. The molecule has 1 heterocycles. The van der Waals surface area contributed by atoms with E-state index in [0.717, 1.165) is 17.5 Å². The summed E-state index contributed by atoms with van der Waals surface area (Å²) in [6.07, 6.45) is 1.05. The number of aromatic nitrogens is 1. The van der Waals surface area contributed by atoms with Gasteiger partial charge in [-0.05, 0) is 41.7 Å². The van der Waals surface area contributed by atoms with Crippen LogP contribution in [0.3, 0.4) is 0 Å². The van der Waals surface area contributed by atoms with E-state index < -0.39 is 0 Å². The molecule has 0 saturated carbocycles. The van der Waals surface area contributed by atoms with Gasteiger partial charge in [-0.1, -0.05) is 38.4 Å². The molecule has 0 unspecified atom stereocenters. The van der Waals surface area contributed by atoms with Crippen molar-refractivity contribution < 1.29 is 0 Å². The van der Waals surface area contributed by atoms with Crippen molar-refractivity contribution in [2.75, 3.05) is 0 Å². The lowest BCUT2D eigenvalue weighted by molar-refractivity contribution is 0.862. The fourth-order valence-corrected chi connectivity index (χ4v) is 2.21. The zero-order chi connectivity index (χ0) is 11.7. The Labute approximate surface area is 101 Å². The van der Waals surface area contributed by atoms with Crippen molar-refractivity contribution >= 4 is 22.5 Å². The van der Waals surface area contributed by atoms with Crippen LogP contribution < -0.4 is 0 Å². The van der Waals surface area contributed by atoms with E-state index in [9.17, 15) is 0 Å². The molecular weight excluding hydrogens is 218 g/mol. The maximum absolute atomic E-state index is 6.16. The first-order valence-corrected chi connectivity index (χ1v) is 6.08. The van der Waals surface area contributed by atoms with Crippen molar-refractivity contribution in [3.05, 3.63) is 40.5 Å². The first-order valence-electron chi connectivity index (χ1n) is 5.71. The van der Waals surface area contributed by atoms with E-state index in [1.165, 1.54) is 10.9 Å². The van der Waals surface area contributed by atoms with E-state index in [4.69, 9.17) is 11.6 Å². The molecule has 0 spiro atoms. The highest BCUT2D eigenvalue weighted by atomic mass is 35.5. The Balaban J connectivity index is 2.65. The van der Waals surface area contributed by atoms with Gasteiger partial charge in [0.2, 0.25) is 0 Å². The molecule has 2 heteroatoms. The van der Waals surface area contributed by atoms with Crippen LogP contribution in [-0.2, 0) is 6.42 Å². The highest BCUT2D eigenvalue weighted by Crippen LogP contribution is 2.27. The molecular formula is C14H16ClN. The molecule has 16 heavy (non-hydrogen) atoms. The largest absolute Gasteiger partial charge is 0.236 e. The van der Waals surface area contributed by atoms with E-state index in [2.05, 4.69) is 44.0 Å². The van der Waals surface area contributed by atoms with Gasteiger partial charge in [0.05, 0.1) is 5.52 Å². The summed E-state index contributed by atoms with van der Waals surface area (Å²) in [4.78, 5) is 4.44. The Hall–Kier alpha value is -1.08. The molecule has 0 aliphatic heterocycles. The first-order chi connectivity index (χ1) is 7.61. The number of rotatable bonds is 2. The molecule has 0 atom stereocenters. The Morgan fingerprint density at radius 1 is 1.25 bits per heavy atom. The van der Waals surface area contributed by atoms with Crippen LogP contribution in [0.2, 0.25) is 5.15 Å². The van der Waals surface area contributed by atoms with E-state index in [0.29, 0.717) is 11.1 Å². The van der Waals surface area contributed by atoms with Crippen molar-refractivity contribution in [1.82, 2.24) is 4.98 Å². The van der Waals surface area contributed by atoms with E-state index in [1.807, 2.05) is 6.07 Å². The maximum Gasteiger partial charge on any atom is 0.133 e. The molecule has 1 aromatic heterocycles. The van der Waals surface area contributed by atoms with Gasteiger partial charge in [-0.25, -0.2) is 4.98 Å². The summed E-state index contributed by atoms with van der Waals surface area (Å²) in [7, 11) is 0. The molecule has 0 aliphatic carbocycles. The zero-order valence-corrected chi connectivity index (χ0v) is 10.7. The average Bonchev–Trinajstić information content (AvgIpc) is 2.27. The predicted octanol–water partition coefficient (Wildman–Crippen LogP) is 4.57. The monoisotopic (exact) mass is 233 g/mol. The SMILES string of the molecule is CCc1ccc2nc(Cl)c(C(C)C)cc2c1. The minimum absolute atomic E-state index is 0.412. The Morgan fingerprint density at radius 3 is 2.62 bits per heavy atom. The van der Waals surface area contributed by atoms with Gasteiger partial charge >= 0.3 is 0 Å². The van der Waals surface area contributed by atoms with Gasteiger partial charge in [-0.15, -0.1) is 0 Å². The molecule has 0 saturated heterocycles. The molecule has 2 aromatic rings. The number of halogens is 1. The van der Waals surface area contributed by atoms with Crippen molar-refractivity contribution in [3.8, 4) is 0 Å². The van der Waals surface area contributed by atoms with Crippen molar-refractivity contribution in [1.29, 1.82) is 0 Å². The molecule has 0 bridgehead atoms. The summed E-state index contributed by atoms with van der Waals surface area (Å²) in [6, 6.07) is 8.52. The van der Waals surface area contributed by atoms with Gasteiger partial charge in [-0.2, -0.15) is 0 Å². The van der Waals surface area contributed by atoms with Crippen LogP contribution in [0.1, 0.15) is 37.8 Å². The van der Waals surface area contributed by atoms with Gasteiger partial charge in [-0.3, -0.25) is 0 Å². The number of pyridine rings is 1. The summed E-state index contributed by atoms with van der Waals surface area (Å²) in [5, 5.41) is 1.82. The smallest absolute Gasteiger partial charge is 0.133 e. The number of hydrogen-bond acceptors (Lipinski definition) is 1. The second kappa shape index (κ2) is 4.42. The van der Waals surface area contributed by atoms with Crippen molar-refractivity contribution in [2.24, 2.45) is 0 Å². The summed E-state index contributed by atoms with van der Waals surface area (Å²) in [5.74, 6) is 0.412. The maximum atomic E-state index is 6.16. The van der Waals surface area contributed by atoms with E-state index >= 15 is 0 Å². The summed E-state index contributed by atoms with van der Waals surface area (Å²) >= 11 is 6.16. The summed E-state index contributed by atoms with van der Waals surface area (Å²) in [6.45, 7) is 6.44. The number of aryl methyl sites for hydroxylation is 1. The Kier molecular flexibility index (Phi) is 3.15. The third kappa shape index (κ3) is 2.05. The lowest BCUT2D eigenvalue weighted by Gasteiger charge is -2.09. The molecule has 0 fully saturated rings. The van der Waals surface area contributed by atoms with Crippen molar-refractivity contribution in [3.63, 3.8) is 0 Å². The average molecular weight is 234 g/mol. The molecule has 1 aromatic carbocycles. The molecule has 1 nitrogen and oxygen atoms in total. The molecule has 84 valence electrons. The zero-order valence-electron chi connectivity index (χ0n) is 9.92. The molecule has 2 rings (SSSR count). The lowest BCUT2D eigenvalue weighted by atomic mass is 10.0. The quantitative estimate of drug-likeness (QED) is 0.693. The number of hydrogen-bond donors (Lipinski definition) is 0. The first kappa shape index (κ1) is 11.4. The topological polar surface area (TPSA) is 12.9 Å². The second-order valence-electron chi connectivity index (χ2n) is 4.40. The fraction of sp³-hybridized carbons (Fsp3) is 0.357. The van der Waals surface area contributed by atoms with Crippen LogP contribution in [0.15, 0.2) is 24.3 Å². The summed E-state index contributed by atoms with van der Waals surface area (Å²) in [5.41, 5.74) is 3.44. The van der Waals surface area contributed by atoms with Gasteiger partial charge < -0.3 is 0 Å². The Morgan fingerprint density at radius 2 is 2.00 bits per heavy atom. The highest BCUT2D eigenvalue weighted by molar-refractivity contribution is 6.30. The van der Waals surface area contributed by atoms with Gasteiger partial charge in [0, 0.05) is 5.39 Å². The number of benzene rings is 1. The second-order valence-corrected chi connectivity index (χ2v) is 4.76. The van der Waals surface area contributed by atoms with Gasteiger partial charge in [0.25, 0.3) is 0 Å². The van der Waals surface area contributed by atoms with Gasteiger partial charge in [0.1, 0.15) is 5.15 Å².